The van der Waals surface area contributed by atoms with Gasteiger partial charge in [0.15, 0.2) is 15.8 Å². The third-order valence-corrected chi connectivity index (χ3v) is 7.61. The number of nitrogens with one attached hydrogen (secondary N) is 1. The fourth-order valence-corrected chi connectivity index (χ4v) is 4.24. The highest BCUT2D eigenvalue weighted by atomic mass is 127. The highest BCUT2D eigenvalue weighted by Crippen LogP contribution is 2.18. The summed E-state index contributed by atoms with van der Waals surface area (Å²) in [5.41, 5.74) is 0. The lowest BCUT2D eigenvalue weighted by Gasteiger charge is -2.29. The number of nitrogens with zero attached hydrogens (tertiary/aromatic N) is 3. The van der Waals surface area contributed by atoms with Crippen molar-refractivity contribution in [3.63, 3.8) is 0 Å². The number of hydrogen-bond donors (Lipinski definition) is 1. The van der Waals surface area contributed by atoms with Crippen molar-refractivity contribution in [2.75, 3.05) is 65.3 Å². The normalized spacial score (nSPS) is 23.0. The van der Waals surface area contributed by atoms with E-state index < -0.39 is 14.6 Å². The van der Waals surface area contributed by atoms with E-state index in [1.807, 2.05) is 0 Å². The monoisotopic (exact) mass is 502 g/mol. The van der Waals surface area contributed by atoms with Gasteiger partial charge in [-0.05, 0) is 33.1 Å². The summed E-state index contributed by atoms with van der Waals surface area (Å²) in [4.78, 5) is 9.06. The predicted octanol–water partition coefficient (Wildman–Crippen LogP) is 1.05. The molecule has 154 valence electrons. The van der Waals surface area contributed by atoms with Gasteiger partial charge in [-0.1, -0.05) is 0 Å². The number of guanidine groups is 1. The van der Waals surface area contributed by atoms with E-state index in [2.05, 4.69) is 20.1 Å². The molecule has 0 saturated carbocycles. The minimum Gasteiger partial charge on any atom is -0.379 e. The summed E-state index contributed by atoms with van der Waals surface area (Å²) < 4.78 is 29.1. The third-order valence-electron chi connectivity index (χ3n) is 5.00. The third kappa shape index (κ3) is 6.79. The van der Waals surface area contributed by atoms with Crippen molar-refractivity contribution in [3.8, 4) is 0 Å². The van der Waals surface area contributed by atoms with Crippen LogP contribution in [0.2, 0.25) is 0 Å². The van der Waals surface area contributed by atoms with Crippen molar-refractivity contribution < 1.29 is 13.2 Å². The summed E-state index contributed by atoms with van der Waals surface area (Å²) in [5.74, 6) is 1.57. The first-order chi connectivity index (χ1) is 11.7. The van der Waals surface area contributed by atoms with Crippen LogP contribution in [0.4, 0.5) is 0 Å². The number of morpholine rings is 1. The minimum absolute atomic E-state index is 0. The smallest absolute Gasteiger partial charge is 0.193 e. The number of aliphatic imine (C=N–C) groups is 1. The van der Waals surface area contributed by atoms with Gasteiger partial charge in [-0.3, -0.25) is 9.89 Å². The summed E-state index contributed by atoms with van der Waals surface area (Å²) in [6, 6.07) is 0. The molecule has 2 heterocycles. The van der Waals surface area contributed by atoms with Gasteiger partial charge >= 0.3 is 0 Å². The molecule has 2 aliphatic rings. The number of ether oxygens (including phenoxy) is 1. The molecule has 0 bridgehead atoms. The van der Waals surface area contributed by atoms with E-state index >= 15 is 0 Å². The molecule has 7 nitrogen and oxygen atoms in total. The van der Waals surface area contributed by atoms with Gasteiger partial charge in [0, 0.05) is 46.3 Å². The summed E-state index contributed by atoms with van der Waals surface area (Å²) in [6.45, 7) is 12.4. The average Bonchev–Trinajstić information content (AvgIpc) is 2.99. The molecule has 1 N–H and O–H groups in total. The van der Waals surface area contributed by atoms with E-state index in [0.717, 1.165) is 58.3 Å². The van der Waals surface area contributed by atoms with Crippen molar-refractivity contribution in [1.82, 2.24) is 15.1 Å². The Kier molecular flexibility index (Phi) is 9.59. The molecular formula is C17H35IN4O3S. The largest absolute Gasteiger partial charge is 0.379 e. The van der Waals surface area contributed by atoms with E-state index in [1.54, 1.807) is 27.8 Å². The summed E-state index contributed by atoms with van der Waals surface area (Å²) in [6.07, 6.45) is 1.15. The van der Waals surface area contributed by atoms with Crippen LogP contribution in [-0.4, -0.2) is 94.2 Å². The van der Waals surface area contributed by atoms with Crippen LogP contribution in [0.3, 0.4) is 0 Å². The first-order valence-electron chi connectivity index (χ1n) is 9.21. The molecular weight excluding hydrogens is 467 g/mol. The van der Waals surface area contributed by atoms with Crippen LogP contribution in [0.25, 0.3) is 0 Å². The maximum atomic E-state index is 12.2. The predicted molar refractivity (Wildman–Crippen MR) is 117 cm³/mol. The van der Waals surface area contributed by atoms with Crippen molar-refractivity contribution in [3.05, 3.63) is 0 Å². The average molecular weight is 502 g/mol. The highest BCUT2D eigenvalue weighted by Gasteiger charge is 2.30. The Balaban J connectivity index is 0.00000338. The molecule has 1 unspecified atom stereocenters. The Labute approximate surface area is 175 Å². The molecule has 9 heteroatoms. The van der Waals surface area contributed by atoms with E-state index in [1.165, 1.54) is 0 Å². The van der Waals surface area contributed by atoms with Crippen LogP contribution >= 0.6 is 24.0 Å². The van der Waals surface area contributed by atoms with Crippen LogP contribution in [-0.2, 0) is 14.6 Å². The Morgan fingerprint density at radius 3 is 2.46 bits per heavy atom. The van der Waals surface area contributed by atoms with Crippen LogP contribution in [0, 0.1) is 5.92 Å². The van der Waals surface area contributed by atoms with Crippen LogP contribution in [0.1, 0.15) is 27.2 Å². The lowest BCUT2D eigenvalue weighted by molar-refractivity contribution is 0.0315. The maximum Gasteiger partial charge on any atom is 0.193 e. The fraction of sp³-hybridized carbons (Fsp3) is 0.941. The Morgan fingerprint density at radius 2 is 1.88 bits per heavy atom. The van der Waals surface area contributed by atoms with Crippen LogP contribution < -0.4 is 5.32 Å². The first kappa shape index (κ1) is 23.9. The molecule has 0 radical (unpaired) electrons. The van der Waals surface area contributed by atoms with E-state index in [4.69, 9.17) is 4.74 Å². The molecule has 0 amide bonds. The second kappa shape index (κ2) is 10.4. The number of halogens is 1. The standard InChI is InChI=1S/C17H34N4O3S.HI/c1-17(2,3)25(22,23)12-6-19-16(18-4)21-7-5-15(14-21)13-20-8-10-24-11-9-20;/h15H,5-14H2,1-4H3,(H,18,19);1H. The first-order valence-corrected chi connectivity index (χ1v) is 10.9. The van der Waals surface area contributed by atoms with Gasteiger partial charge in [0.2, 0.25) is 0 Å². The second-order valence-electron chi connectivity index (χ2n) is 7.92. The van der Waals surface area contributed by atoms with Crippen LogP contribution in [0.15, 0.2) is 4.99 Å². The van der Waals surface area contributed by atoms with Crippen LogP contribution in [0.5, 0.6) is 0 Å². The van der Waals surface area contributed by atoms with E-state index in [9.17, 15) is 8.42 Å². The van der Waals surface area contributed by atoms with E-state index in [0.29, 0.717) is 12.5 Å². The SMILES string of the molecule is CN=C(NCCS(=O)(=O)C(C)(C)C)N1CCC(CN2CCOCC2)C1.I. The molecule has 0 aliphatic carbocycles. The highest BCUT2D eigenvalue weighted by molar-refractivity contribution is 14.0. The van der Waals surface area contributed by atoms with Crippen molar-refractivity contribution in [2.24, 2.45) is 10.9 Å². The summed E-state index contributed by atoms with van der Waals surface area (Å²) in [5, 5.41) is 3.23. The van der Waals surface area contributed by atoms with Gasteiger partial charge in [0.05, 0.1) is 23.7 Å². The van der Waals surface area contributed by atoms with Gasteiger partial charge in [0.1, 0.15) is 0 Å². The summed E-state index contributed by atoms with van der Waals surface area (Å²) >= 11 is 0. The molecule has 0 spiro atoms. The molecule has 2 rings (SSSR count). The van der Waals surface area contributed by atoms with Gasteiger partial charge in [-0.2, -0.15) is 0 Å². The zero-order valence-corrected chi connectivity index (χ0v) is 19.7. The fourth-order valence-electron chi connectivity index (χ4n) is 3.26. The lowest BCUT2D eigenvalue weighted by Crippen LogP contribution is -2.44. The molecule has 1 atom stereocenters. The molecule has 2 saturated heterocycles. The maximum absolute atomic E-state index is 12.2. The number of hydrogen-bond acceptors (Lipinski definition) is 5. The summed E-state index contributed by atoms with van der Waals surface area (Å²) in [7, 11) is -1.35. The van der Waals surface area contributed by atoms with Crippen molar-refractivity contribution in [1.29, 1.82) is 0 Å². The molecule has 0 aromatic carbocycles. The second-order valence-corrected chi connectivity index (χ2v) is 10.8. The zero-order chi connectivity index (χ0) is 18.5. The molecule has 0 aromatic heterocycles. The molecule has 0 aromatic rings. The minimum atomic E-state index is -3.11. The van der Waals surface area contributed by atoms with E-state index in [-0.39, 0.29) is 29.7 Å². The van der Waals surface area contributed by atoms with Gasteiger partial charge in [0.25, 0.3) is 0 Å². The Morgan fingerprint density at radius 1 is 1.23 bits per heavy atom. The van der Waals surface area contributed by atoms with Crippen molar-refractivity contribution in [2.45, 2.75) is 31.9 Å². The molecule has 2 fully saturated rings. The molecule has 26 heavy (non-hydrogen) atoms. The number of likely N-dealkylation sites (tertiary alicyclic amines) is 1. The topological polar surface area (TPSA) is 74.2 Å². The van der Waals surface area contributed by atoms with Gasteiger partial charge < -0.3 is 15.0 Å². The number of sulfone groups is 1. The number of rotatable bonds is 5. The van der Waals surface area contributed by atoms with Crippen molar-refractivity contribution >= 4 is 39.8 Å². The van der Waals surface area contributed by atoms with Gasteiger partial charge in [-0.15, -0.1) is 24.0 Å². The Hall–Kier alpha value is -0.130. The quantitative estimate of drug-likeness (QED) is 0.344. The zero-order valence-electron chi connectivity index (χ0n) is 16.5. The molecule has 2 aliphatic heterocycles. The lowest BCUT2D eigenvalue weighted by atomic mass is 10.1. The van der Waals surface area contributed by atoms with Gasteiger partial charge in [-0.25, -0.2) is 8.42 Å². The Bertz CT molecular complexity index is 557.